The van der Waals surface area contributed by atoms with Gasteiger partial charge >= 0.3 is 0 Å². The molecule has 3 aromatic carbocycles. The maximum atomic E-state index is 14.9. The van der Waals surface area contributed by atoms with Crippen molar-refractivity contribution in [2.45, 2.75) is 26.2 Å². The van der Waals surface area contributed by atoms with Gasteiger partial charge in [0.25, 0.3) is 0 Å². The van der Waals surface area contributed by atoms with Crippen molar-refractivity contribution in [1.29, 1.82) is 0 Å². The van der Waals surface area contributed by atoms with Crippen molar-refractivity contribution in [1.82, 2.24) is 0 Å². The average Bonchev–Trinajstić information content (AvgIpc) is 2.60. The van der Waals surface area contributed by atoms with E-state index in [0.29, 0.717) is 10.9 Å². The lowest BCUT2D eigenvalue weighted by Crippen LogP contribution is -1.90. The fourth-order valence-corrected chi connectivity index (χ4v) is 2.91. The number of aryl methyl sites for hydroxylation is 2. The minimum absolute atomic E-state index is 0.137. The predicted octanol–water partition coefficient (Wildman–Crippen LogP) is 6.33. The molecule has 0 nitrogen and oxygen atoms in total. The van der Waals surface area contributed by atoms with Gasteiger partial charge < -0.3 is 0 Å². The summed E-state index contributed by atoms with van der Waals surface area (Å²) in [7, 11) is 0. The first kappa shape index (κ1) is 15.5. The van der Waals surface area contributed by atoms with E-state index in [-0.39, 0.29) is 5.82 Å². The molecular weight excluding hydrogens is 283 g/mol. The highest BCUT2D eigenvalue weighted by molar-refractivity contribution is 5.88. The molecule has 0 amide bonds. The first-order valence-corrected chi connectivity index (χ1v) is 8.14. The fourth-order valence-electron chi connectivity index (χ4n) is 2.91. The molecule has 0 aromatic heterocycles. The van der Waals surface area contributed by atoms with Crippen LogP contribution in [0.25, 0.3) is 21.9 Å². The summed E-state index contributed by atoms with van der Waals surface area (Å²) in [6.45, 7) is 5.87. The Morgan fingerprint density at radius 3 is 2.39 bits per heavy atom. The van der Waals surface area contributed by atoms with Crippen molar-refractivity contribution in [2.24, 2.45) is 0 Å². The van der Waals surface area contributed by atoms with E-state index in [0.717, 1.165) is 30.2 Å². The van der Waals surface area contributed by atoms with E-state index >= 15 is 0 Å². The monoisotopic (exact) mass is 304 g/mol. The molecule has 23 heavy (non-hydrogen) atoms. The first-order valence-electron chi connectivity index (χ1n) is 8.14. The smallest absolute Gasteiger partial charge is 0.138 e. The van der Waals surface area contributed by atoms with E-state index < -0.39 is 0 Å². The maximum Gasteiger partial charge on any atom is 0.138 e. The van der Waals surface area contributed by atoms with E-state index in [4.69, 9.17) is 0 Å². The second-order valence-corrected chi connectivity index (χ2v) is 5.86. The summed E-state index contributed by atoms with van der Waals surface area (Å²) in [5, 5.41) is 1.64. The molecule has 1 heteroatoms. The van der Waals surface area contributed by atoms with Crippen LogP contribution in [0.15, 0.2) is 67.3 Å². The van der Waals surface area contributed by atoms with Gasteiger partial charge in [0.1, 0.15) is 5.82 Å². The summed E-state index contributed by atoms with van der Waals surface area (Å²) < 4.78 is 14.9. The molecule has 0 radical (unpaired) electrons. The molecule has 116 valence electrons. The molecule has 0 heterocycles. The summed E-state index contributed by atoms with van der Waals surface area (Å²) in [6.07, 6.45) is 4.79. The largest absolute Gasteiger partial charge is 0.206 e. The standard InChI is InChI=1S/C22H21F/c1-3-5-6-17-9-13-21-19(15-17)12-14-20(22(21)23)18-10-7-16(4-2)8-11-18/h3,7-15H,1,4-6H2,2H3. The zero-order valence-electron chi connectivity index (χ0n) is 13.5. The summed E-state index contributed by atoms with van der Waals surface area (Å²) >= 11 is 0. The lowest BCUT2D eigenvalue weighted by atomic mass is 9.97. The topological polar surface area (TPSA) is 0 Å². The van der Waals surface area contributed by atoms with Gasteiger partial charge in [-0.3, -0.25) is 0 Å². The number of fused-ring (bicyclic) bond motifs is 1. The van der Waals surface area contributed by atoms with Crippen LogP contribution in [0.3, 0.4) is 0 Å². The van der Waals surface area contributed by atoms with Gasteiger partial charge in [-0.25, -0.2) is 4.39 Å². The Balaban J connectivity index is 2.02. The van der Waals surface area contributed by atoms with Crippen LogP contribution in [0.4, 0.5) is 4.39 Å². The molecule has 0 saturated heterocycles. The van der Waals surface area contributed by atoms with Gasteiger partial charge in [0.15, 0.2) is 0 Å². The number of benzene rings is 3. The second kappa shape index (κ2) is 6.78. The number of hydrogen-bond acceptors (Lipinski definition) is 0. The van der Waals surface area contributed by atoms with Gasteiger partial charge in [-0.15, -0.1) is 6.58 Å². The van der Waals surface area contributed by atoms with Gasteiger partial charge in [-0.1, -0.05) is 67.6 Å². The van der Waals surface area contributed by atoms with Crippen LogP contribution in [0, 0.1) is 5.82 Å². The molecule has 0 spiro atoms. The first-order chi connectivity index (χ1) is 11.2. The Labute approximate surface area is 137 Å². The van der Waals surface area contributed by atoms with Gasteiger partial charge in [0, 0.05) is 10.9 Å². The number of halogens is 1. The van der Waals surface area contributed by atoms with E-state index in [9.17, 15) is 4.39 Å². The van der Waals surface area contributed by atoms with E-state index in [2.05, 4.69) is 31.7 Å². The SMILES string of the molecule is C=CCCc1ccc2c(F)c(-c3ccc(CC)cc3)ccc2c1. The van der Waals surface area contributed by atoms with Crippen LogP contribution >= 0.6 is 0 Å². The van der Waals surface area contributed by atoms with Gasteiger partial charge in [0.2, 0.25) is 0 Å². The maximum absolute atomic E-state index is 14.9. The molecule has 3 aromatic rings. The Hall–Kier alpha value is -2.41. The highest BCUT2D eigenvalue weighted by Gasteiger charge is 2.09. The van der Waals surface area contributed by atoms with Crippen molar-refractivity contribution in [3.05, 3.63) is 84.2 Å². The number of hydrogen-bond donors (Lipinski definition) is 0. The Kier molecular flexibility index (Phi) is 4.57. The lowest BCUT2D eigenvalue weighted by Gasteiger charge is -2.09. The van der Waals surface area contributed by atoms with Crippen molar-refractivity contribution in [2.75, 3.05) is 0 Å². The summed E-state index contributed by atoms with van der Waals surface area (Å²) in [5.74, 6) is -0.137. The van der Waals surface area contributed by atoms with Crippen LogP contribution in [0.1, 0.15) is 24.5 Å². The van der Waals surface area contributed by atoms with Crippen LogP contribution in [-0.4, -0.2) is 0 Å². The Morgan fingerprint density at radius 1 is 0.957 bits per heavy atom. The van der Waals surface area contributed by atoms with Crippen molar-refractivity contribution >= 4 is 10.8 Å². The minimum atomic E-state index is -0.137. The molecule has 0 unspecified atom stereocenters. The molecular formula is C22H21F. The molecule has 0 N–H and O–H groups in total. The molecule has 0 aliphatic heterocycles. The Morgan fingerprint density at radius 2 is 1.70 bits per heavy atom. The van der Waals surface area contributed by atoms with Crippen LogP contribution in [-0.2, 0) is 12.8 Å². The minimum Gasteiger partial charge on any atom is -0.206 e. The third kappa shape index (κ3) is 3.19. The number of rotatable bonds is 5. The van der Waals surface area contributed by atoms with E-state index in [1.807, 2.05) is 42.5 Å². The predicted molar refractivity (Wildman–Crippen MR) is 97.2 cm³/mol. The van der Waals surface area contributed by atoms with E-state index in [1.165, 1.54) is 11.1 Å². The average molecular weight is 304 g/mol. The number of allylic oxidation sites excluding steroid dienone is 1. The second-order valence-electron chi connectivity index (χ2n) is 5.86. The van der Waals surface area contributed by atoms with Gasteiger partial charge in [0.05, 0.1) is 0 Å². The van der Waals surface area contributed by atoms with Gasteiger partial charge in [-0.2, -0.15) is 0 Å². The van der Waals surface area contributed by atoms with Crippen molar-refractivity contribution < 1.29 is 4.39 Å². The molecule has 0 bridgehead atoms. The van der Waals surface area contributed by atoms with E-state index in [1.54, 1.807) is 0 Å². The zero-order valence-corrected chi connectivity index (χ0v) is 13.5. The summed E-state index contributed by atoms with van der Waals surface area (Å²) in [6, 6.07) is 18.0. The molecule has 0 fully saturated rings. The van der Waals surface area contributed by atoms with Crippen molar-refractivity contribution in [3.63, 3.8) is 0 Å². The van der Waals surface area contributed by atoms with Crippen molar-refractivity contribution in [3.8, 4) is 11.1 Å². The molecule has 0 aliphatic rings. The summed E-state index contributed by atoms with van der Waals surface area (Å²) in [4.78, 5) is 0. The highest BCUT2D eigenvalue weighted by atomic mass is 19.1. The quantitative estimate of drug-likeness (QED) is 0.483. The third-order valence-corrected chi connectivity index (χ3v) is 4.33. The zero-order chi connectivity index (χ0) is 16.2. The third-order valence-electron chi connectivity index (χ3n) is 4.33. The Bertz CT molecular complexity index is 828. The highest BCUT2D eigenvalue weighted by Crippen LogP contribution is 2.30. The normalized spacial score (nSPS) is 10.9. The fraction of sp³-hybridized carbons (Fsp3) is 0.182. The van der Waals surface area contributed by atoms with Crippen LogP contribution < -0.4 is 0 Å². The summed E-state index contributed by atoms with van der Waals surface area (Å²) in [5.41, 5.74) is 4.08. The lowest BCUT2D eigenvalue weighted by molar-refractivity contribution is 0.643. The molecule has 0 aliphatic carbocycles. The molecule has 0 saturated carbocycles. The van der Waals surface area contributed by atoms with Crippen LogP contribution in [0.2, 0.25) is 0 Å². The van der Waals surface area contributed by atoms with Crippen LogP contribution in [0.5, 0.6) is 0 Å². The molecule has 0 atom stereocenters. The molecule has 3 rings (SSSR count). The van der Waals surface area contributed by atoms with Gasteiger partial charge in [-0.05, 0) is 41.3 Å².